The fourth-order valence-corrected chi connectivity index (χ4v) is 5.13. The van der Waals surface area contributed by atoms with Crippen LogP contribution in [-0.2, 0) is 16.8 Å². The van der Waals surface area contributed by atoms with Gasteiger partial charge >= 0.3 is 0 Å². The largest absolute Gasteiger partial charge is 0.340 e. The normalized spacial score (nSPS) is 25.7. The van der Waals surface area contributed by atoms with Crippen molar-refractivity contribution in [1.82, 2.24) is 23.7 Å². The quantitative estimate of drug-likeness (QED) is 0.797. The van der Waals surface area contributed by atoms with E-state index in [2.05, 4.69) is 15.0 Å². The number of piperidine rings is 1. The van der Waals surface area contributed by atoms with Crippen LogP contribution in [0.2, 0.25) is 0 Å². The van der Waals surface area contributed by atoms with Crippen molar-refractivity contribution in [3.8, 4) is 0 Å². The third-order valence-electron chi connectivity index (χ3n) is 4.63. The molecule has 2 aliphatic heterocycles. The maximum absolute atomic E-state index is 12.8. The van der Waals surface area contributed by atoms with Gasteiger partial charge in [-0.3, -0.25) is 4.90 Å². The van der Waals surface area contributed by atoms with Crippen LogP contribution >= 0.6 is 0 Å². The fraction of sp³-hybridized carbons (Fsp3) is 0.857. The Bertz CT molecular complexity index is 624. The molecule has 130 valence electrons. The summed E-state index contributed by atoms with van der Waals surface area (Å²) in [4.78, 5) is 6.36. The van der Waals surface area contributed by atoms with Crippen molar-refractivity contribution in [3.63, 3.8) is 0 Å². The van der Waals surface area contributed by atoms with Crippen LogP contribution in [0.1, 0.15) is 37.9 Å². The van der Waals surface area contributed by atoms with Gasteiger partial charge in [0.05, 0.1) is 6.54 Å². The Hall–Kier alpha value is -1.03. The Balaban J connectivity index is 1.57. The van der Waals surface area contributed by atoms with Gasteiger partial charge in [-0.15, -0.1) is 0 Å². The minimum absolute atomic E-state index is 0.106. The SMILES string of the molecule is Cc1nc(CN2CCN(S(=O)(=O)N3CCCCC3C)CC2)no1. The van der Waals surface area contributed by atoms with Crippen molar-refractivity contribution in [3.05, 3.63) is 11.7 Å². The van der Waals surface area contributed by atoms with Crippen LogP contribution in [0.3, 0.4) is 0 Å². The van der Waals surface area contributed by atoms with Crippen molar-refractivity contribution in [1.29, 1.82) is 0 Å². The number of hydrogen-bond acceptors (Lipinski definition) is 6. The lowest BCUT2D eigenvalue weighted by Crippen LogP contribution is -2.55. The zero-order chi connectivity index (χ0) is 16.4. The van der Waals surface area contributed by atoms with E-state index < -0.39 is 10.2 Å². The van der Waals surface area contributed by atoms with Crippen LogP contribution in [0.15, 0.2) is 4.52 Å². The molecule has 0 saturated carbocycles. The van der Waals surface area contributed by atoms with Crippen molar-refractivity contribution in [2.45, 2.75) is 45.7 Å². The van der Waals surface area contributed by atoms with E-state index in [0.29, 0.717) is 51.0 Å². The lowest BCUT2D eigenvalue weighted by Gasteiger charge is -2.39. The zero-order valence-corrected chi connectivity index (χ0v) is 14.6. The van der Waals surface area contributed by atoms with Crippen LogP contribution in [0.4, 0.5) is 0 Å². The summed E-state index contributed by atoms with van der Waals surface area (Å²) >= 11 is 0. The van der Waals surface area contributed by atoms with E-state index in [0.717, 1.165) is 19.3 Å². The number of rotatable bonds is 4. The highest BCUT2D eigenvalue weighted by Gasteiger charge is 2.36. The fourth-order valence-electron chi connectivity index (χ4n) is 3.29. The van der Waals surface area contributed by atoms with Crippen LogP contribution in [0.25, 0.3) is 0 Å². The minimum atomic E-state index is -3.34. The summed E-state index contributed by atoms with van der Waals surface area (Å²) in [6.07, 6.45) is 3.03. The summed E-state index contributed by atoms with van der Waals surface area (Å²) < 4.78 is 33.9. The molecule has 1 atom stereocenters. The van der Waals surface area contributed by atoms with Crippen molar-refractivity contribution >= 4 is 10.2 Å². The first-order valence-corrected chi connectivity index (χ1v) is 9.65. The summed E-state index contributed by atoms with van der Waals surface area (Å²) in [6.45, 7) is 7.43. The maximum atomic E-state index is 12.8. The number of nitrogens with zero attached hydrogens (tertiary/aromatic N) is 5. The van der Waals surface area contributed by atoms with Gasteiger partial charge in [0.2, 0.25) is 5.89 Å². The van der Waals surface area contributed by atoms with Gasteiger partial charge in [-0.05, 0) is 19.8 Å². The van der Waals surface area contributed by atoms with Gasteiger partial charge in [0, 0.05) is 45.7 Å². The standard InChI is InChI=1S/C14H25N5O3S/c1-12-5-3-4-6-19(12)23(20,21)18-9-7-17(8-10-18)11-14-15-13(2)22-16-14/h12H,3-11H2,1-2H3. The summed E-state index contributed by atoms with van der Waals surface area (Å²) in [5.41, 5.74) is 0. The first-order chi connectivity index (χ1) is 11.0. The minimum Gasteiger partial charge on any atom is -0.340 e. The first-order valence-electron chi connectivity index (χ1n) is 8.25. The number of piperazine rings is 1. The van der Waals surface area contributed by atoms with Gasteiger partial charge in [-0.25, -0.2) is 0 Å². The third-order valence-corrected chi connectivity index (χ3v) is 6.78. The number of aryl methyl sites for hydroxylation is 1. The van der Waals surface area contributed by atoms with E-state index in [1.165, 1.54) is 0 Å². The average molecular weight is 343 g/mol. The van der Waals surface area contributed by atoms with E-state index >= 15 is 0 Å². The molecular weight excluding hydrogens is 318 g/mol. The van der Waals surface area contributed by atoms with Crippen LogP contribution in [0, 0.1) is 6.92 Å². The van der Waals surface area contributed by atoms with Gasteiger partial charge in [0.25, 0.3) is 10.2 Å². The van der Waals surface area contributed by atoms with Gasteiger partial charge < -0.3 is 4.52 Å². The van der Waals surface area contributed by atoms with Crippen molar-refractivity contribution < 1.29 is 12.9 Å². The monoisotopic (exact) mass is 343 g/mol. The van der Waals surface area contributed by atoms with Crippen molar-refractivity contribution in [2.75, 3.05) is 32.7 Å². The Morgan fingerprint density at radius 2 is 1.91 bits per heavy atom. The van der Waals surface area contributed by atoms with Gasteiger partial charge in [0.1, 0.15) is 0 Å². The van der Waals surface area contributed by atoms with E-state index in [-0.39, 0.29) is 6.04 Å². The van der Waals surface area contributed by atoms with Gasteiger partial charge in [-0.1, -0.05) is 11.6 Å². The highest BCUT2D eigenvalue weighted by molar-refractivity contribution is 7.86. The molecule has 2 fully saturated rings. The molecule has 8 nitrogen and oxygen atoms in total. The third kappa shape index (κ3) is 3.73. The van der Waals surface area contributed by atoms with E-state index in [4.69, 9.17) is 4.52 Å². The first kappa shape index (κ1) is 16.8. The molecule has 0 amide bonds. The molecule has 0 spiro atoms. The molecule has 3 heterocycles. The maximum Gasteiger partial charge on any atom is 0.282 e. The lowest BCUT2D eigenvalue weighted by atomic mass is 10.1. The Morgan fingerprint density at radius 1 is 1.17 bits per heavy atom. The Kier molecular flexibility index (Phi) is 5.00. The summed E-state index contributed by atoms with van der Waals surface area (Å²) in [5, 5.41) is 3.89. The van der Waals surface area contributed by atoms with E-state index in [9.17, 15) is 8.42 Å². The summed E-state index contributed by atoms with van der Waals surface area (Å²) in [5.74, 6) is 1.21. The number of aromatic nitrogens is 2. The Morgan fingerprint density at radius 3 is 2.52 bits per heavy atom. The molecule has 0 radical (unpaired) electrons. The van der Waals surface area contributed by atoms with Crippen molar-refractivity contribution in [2.24, 2.45) is 0 Å². The van der Waals surface area contributed by atoms with Crippen LogP contribution in [0.5, 0.6) is 0 Å². The number of hydrogen-bond donors (Lipinski definition) is 0. The van der Waals surface area contributed by atoms with Gasteiger partial charge in [0.15, 0.2) is 5.82 Å². The predicted octanol–water partition coefficient (Wildman–Crippen LogP) is 0.615. The molecule has 1 aromatic heterocycles. The Labute approximate surface area is 137 Å². The second kappa shape index (κ2) is 6.84. The molecule has 3 rings (SSSR count). The molecule has 0 aromatic carbocycles. The highest BCUT2D eigenvalue weighted by Crippen LogP contribution is 2.23. The molecule has 2 saturated heterocycles. The topological polar surface area (TPSA) is 82.8 Å². The molecule has 23 heavy (non-hydrogen) atoms. The summed E-state index contributed by atoms with van der Waals surface area (Å²) in [7, 11) is -3.34. The smallest absolute Gasteiger partial charge is 0.282 e. The van der Waals surface area contributed by atoms with Gasteiger partial charge in [-0.2, -0.15) is 22.0 Å². The second-order valence-corrected chi connectivity index (χ2v) is 8.25. The zero-order valence-electron chi connectivity index (χ0n) is 13.8. The molecule has 0 N–H and O–H groups in total. The van der Waals surface area contributed by atoms with E-state index in [1.807, 2.05) is 6.92 Å². The lowest BCUT2D eigenvalue weighted by molar-refractivity contribution is 0.163. The van der Waals surface area contributed by atoms with E-state index in [1.54, 1.807) is 15.5 Å². The molecule has 0 aliphatic carbocycles. The average Bonchev–Trinajstić information content (AvgIpc) is 2.93. The molecule has 1 aromatic rings. The highest BCUT2D eigenvalue weighted by atomic mass is 32.2. The second-order valence-electron chi connectivity index (χ2n) is 6.37. The summed E-state index contributed by atoms with van der Waals surface area (Å²) in [6, 6.07) is 0.106. The predicted molar refractivity (Wildman–Crippen MR) is 84.8 cm³/mol. The molecular formula is C14H25N5O3S. The molecule has 2 aliphatic rings. The molecule has 1 unspecified atom stereocenters. The van der Waals surface area contributed by atoms with Crippen LogP contribution in [-0.4, -0.2) is 70.8 Å². The van der Waals surface area contributed by atoms with Crippen LogP contribution < -0.4 is 0 Å². The molecule has 9 heteroatoms. The molecule has 0 bridgehead atoms.